The molecule has 0 unspecified atom stereocenters. The van der Waals surface area contributed by atoms with Gasteiger partial charge in [0.2, 0.25) is 5.91 Å². The van der Waals surface area contributed by atoms with E-state index in [4.69, 9.17) is 0 Å². The van der Waals surface area contributed by atoms with Crippen LogP contribution in [-0.2, 0) is 11.8 Å². The second-order valence-electron chi connectivity index (χ2n) is 2.98. The summed E-state index contributed by atoms with van der Waals surface area (Å²) < 4.78 is 1.71. The zero-order valence-electron chi connectivity index (χ0n) is 7.56. The number of aryl methyl sites for hydroxylation is 1. The molecule has 1 aliphatic heterocycles. The Balaban J connectivity index is 2.35. The molecular weight excluding hydrogens is 168 g/mol. The average molecular weight is 178 g/mol. The van der Waals surface area contributed by atoms with Gasteiger partial charge in [-0.05, 0) is 6.07 Å². The Kier molecular flexibility index (Phi) is 1.65. The van der Waals surface area contributed by atoms with E-state index in [9.17, 15) is 4.79 Å². The molecule has 68 valence electrons. The minimum Gasteiger partial charge on any atom is -0.273 e. The van der Waals surface area contributed by atoms with Crippen molar-refractivity contribution in [3.05, 3.63) is 18.0 Å². The maximum absolute atomic E-state index is 11.2. The largest absolute Gasteiger partial charge is 0.273 e. The van der Waals surface area contributed by atoms with Crippen LogP contribution in [0.4, 0.5) is 0 Å². The summed E-state index contributed by atoms with van der Waals surface area (Å²) in [6.07, 6.45) is 2.07. The summed E-state index contributed by atoms with van der Waals surface area (Å²) in [4.78, 5) is 11.2. The summed E-state index contributed by atoms with van der Waals surface area (Å²) in [6, 6.07) is 1.85. The lowest BCUT2D eigenvalue weighted by atomic mass is 10.2. The second kappa shape index (κ2) is 2.69. The average Bonchev–Trinajstić information content (AvgIpc) is 2.60. The van der Waals surface area contributed by atoms with Gasteiger partial charge >= 0.3 is 0 Å². The number of amides is 1. The van der Waals surface area contributed by atoms with Gasteiger partial charge in [0.25, 0.3) is 0 Å². The highest BCUT2D eigenvalue weighted by Crippen LogP contribution is 2.12. The van der Waals surface area contributed by atoms with Gasteiger partial charge in [0.1, 0.15) is 0 Å². The molecule has 2 rings (SSSR count). The molecule has 1 amide bonds. The molecule has 0 aliphatic carbocycles. The number of aromatic nitrogens is 2. The molecule has 1 aromatic heterocycles. The third-order valence-corrected chi connectivity index (χ3v) is 2.07. The Labute approximate surface area is 75.6 Å². The summed E-state index contributed by atoms with van der Waals surface area (Å²) in [5.74, 6) is 0.0243. The van der Waals surface area contributed by atoms with E-state index >= 15 is 0 Å². The van der Waals surface area contributed by atoms with Crippen LogP contribution in [0.1, 0.15) is 12.1 Å². The van der Waals surface area contributed by atoms with Gasteiger partial charge in [0.05, 0.1) is 17.8 Å². The van der Waals surface area contributed by atoms with E-state index in [1.165, 1.54) is 5.01 Å². The van der Waals surface area contributed by atoms with E-state index in [1.807, 2.05) is 13.1 Å². The van der Waals surface area contributed by atoms with Crippen molar-refractivity contribution in [1.29, 1.82) is 0 Å². The van der Waals surface area contributed by atoms with Crippen molar-refractivity contribution >= 4 is 11.6 Å². The summed E-state index contributed by atoms with van der Waals surface area (Å²) in [6.45, 7) is 0. The van der Waals surface area contributed by atoms with E-state index in [-0.39, 0.29) is 5.91 Å². The number of hydrogen-bond donors (Lipinski definition) is 0. The number of nitrogens with zero attached hydrogens (tertiary/aromatic N) is 4. The van der Waals surface area contributed by atoms with Crippen molar-refractivity contribution in [2.75, 3.05) is 7.05 Å². The van der Waals surface area contributed by atoms with Crippen molar-refractivity contribution < 1.29 is 4.79 Å². The van der Waals surface area contributed by atoms with Crippen molar-refractivity contribution in [3.63, 3.8) is 0 Å². The fourth-order valence-corrected chi connectivity index (χ4v) is 1.33. The van der Waals surface area contributed by atoms with Crippen LogP contribution in [0, 0.1) is 0 Å². The van der Waals surface area contributed by atoms with E-state index in [0.717, 1.165) is 11.4 Å². The smallest absolute Gasteiger partial charge is 0.248 e. The lowest BCUT2D eigenvalue weighted by molar-refractivity contribution is -0.127. The molecule has 5 nitrogen and oxygen atoms in total. The molecule has 1 aromatic rings. The molecular formula is C8H10N4O. The first-order valence-electron chi connectivity index (χ1n) is 4.01. The third-order valence-electron chi connectivity index (χ3n) is 2.07. The van der Waals surface area contributed by atoms with Crippen LogP contribution < -0.4 is 0 Å². The van der Waals surface area contributed by atoms with Gasteiger partial charge in [-0.25, -0.2) is 5.01 Å². The van der Waals surface area contributed by atoms with Crippen molar-refractivity contribution in [2.45, 2.75) is 6.42 Å². The van der Waals surface area contributed by atoms with Crippen molar-refractivity contribution in [2.24, 2.45) is 12.1 Å². The Morgan fingerprint density at radius 2 is 2.23 bits per heavy atom. The topological polar surface area (TPSA) is 50.5 Å². The molecule has 13 heavy (non-hydrogen) atoms. The number of hydrazone groups is 1. The minimum absolute atomic E-state index is 0.0243. The summed E-state index contributed by atoms with van der Waals surface area (Å²) in [7, 11) is 3.49. The SMILES string of the molecule is CN1N=C(c2ccnn2C)CC1=O. The lowest BCUT2D eigenvalue weighted by Gasteiger charge is -1.99. The molecule has 0 N–H and O–H groups in total. The van der Waals surface area contributed by atoms with Gasteiger partial charge < -0.3 is 0 Å². The van der Waals surface area contributed by atoms with E-state index in [1.54, 1.807) is 17.9 Å². The van der Waals surface area contributed by atoms with Crippen molar-refractivity contribution in [1.82, 2.24) is 14.8 Å². The molecule has 0 saturated heterocycles. The summed E-state index contributed by atoms with van der Waals surface area (Å²) >= 11 is 0. The van der Waals surface area contributed by atoms with Crippen LogP contribution in [0.2, 0.25) is 0 Å². The Morgan fingerprint density at radius 1 is 1.46 bits per heavy atom. The first kappa shape index (κ1) is 7.97. The maximum atomic E-state index is 11.2. The zero-order valence-corrected chi connectivity index (χ0v) is 7.56. The van der Waals surface area contributed by atoms with Gasteiger partial charge in [0.15, 0.2) is 0 Å². The Hall–Kier alpha value is -1.65. The van der Waals surface area contributed by atoms with Crippen molar-refractivity contribution in [3.8, 4) is 0 Å². The van der Waals surface area contributed by atoms with Gasteiger partial charge in [-0.3, -0.25) is 9.48 Å². The Bertz CT molecular complexity index is 379. The van der Waals surface area contributed by atoms with Crippen LogP contribution in [0.25, 0.3) is 0 Å². The van der Waals surface area contributed by atoms with Crippen LogP contribution in [-0.4, -0.2) is 33.5 Å². The Morgan fingerprint density at radius 3 is 2.69 bits per heavy atom. The van der Waals surface area contributed by atoms with Gasteiger partial charge in [-0.15, -0.1) is 0 Å². The fourth-order valence-electron chi connectivity index (χ4n) is 1.33. The third kappa shape index (κ3) is 1.22. The number of rotatable bonds is 1. The molecule has 5 heteroatoms. The highest BCUT2D eigenvalue weighted by Gasteiger charge is 2.22. The first-order valence-corrected chi connectivity index (χ1v) is 4.01. The molecule has 0 radical (unpaired) electrons. The summed E-state index contributed by atoms with van der Waals surface area (Å²) in [5.41, 5.74) is 1.69. The molecule has 0 saturated carbocycles. The van der Waals surface area contributed by atoms with E-state index in [2.05, 4.69) is 10.2 Å². The van der Waals surface area contributed by atoms with E-state index in [0.29, 0.717) is 6.42 Å². The maximum Gasteiger partial charge on any atom is 0.248 e. The second-order valence-corrected chi connectivity index (χ2v) is 2.98. The highest BCUT2D eigenvalue weighted by atomic mass is 16.2. The number of carbonyl (C=O) groups excluding carboxylic acids is 1. The molecule has 1 aliphatic rings. The standard InChI is InChI=1S/C8H10N4O/c1-11-7(3-4-9-11)6-5-8(13)12(2)10-6/h3-4H,5H2,1-2H3. The molecule has 0 fully saturated rings. The quantitative estimate of drug-likeness (QED) is 0.607. The monoisotopic (exact) mass is 178 g/mol. The predicted octanol–water partition coefficient (Wildman–Crippen LogP) is -0.0137. The lowest BCUT2D eigenvalue weighted by Crippen LogP contribution is -2.14. The highest BCUT2D eigenvalue weighted by molar-refractivity contribution is 6.12. The molecule has 0 atom stereocenters. The number of hydrogen-bond acceptors (Lipinski definition) is 3. The van der Waals surface area contributed by atoms with Crippen LogP contribution in [0.3, 0.4) is 0 Å². The normalized spacial score (nSPS) is 16.6. The van der Waals surface area contributed by atoms with Crippen LogP contribution in [0.15, 0.2) is 17.4 Å². The molecule has 0 spiro atoms. The van der Waals surface area contributed by atoms with Gasteiger partial charge in [-0.2, -0.15) is 10.2 Å². The van der Waals surface area contributed by atoms with Crippen LogP contribution >= 0.6 is 0 Å². The van der Waals surface area contributed by atoms with Gasteiger partial charge in [-0.1, -0.05) is 0 Å². The molecule has 2 heterocycles. The van der Waals surface area contributed by atoms with E-state index < -0.39 is 0 Å². The molecule has 0 aromatic carbocycles. The predicted molar refractivity (Wildman–Crippen MR) is 47.1 cm³/mol. The molecule has 0 bridgehead atoms. The van der Waals surface area contributed by atoms with Crippen LogP contribution in [0.5, 0.6) is 0 Å². The summed E-state index contributed by atoms with van der Waals surface area (Å²) in [5, 5.41) is 9.49. The first-order chi connectivity index (χ1) is 6.18. The minimum atomic E-state index is 0.0243. The fraction of sp³-hybridized carbons (Fsp3) is 0.375. The van der Waals surface area contributed by atoms with Gasteiger partial charge in [0, 0.05) is 20.3 Å². The zero-order chi connectivity index (χ0) is 9.42. The number of carbonyl (C=O) groups is 1.